The van der Waals surface area contributed by atoms with Gasteiger partial charge in [0, 0.05) is 17.8 Å². The summed E-state index contributed by atoms with van der Waals surface area (Å²) in [7, 11) is 0. The van der Waals surface area contributed by atoms with Crippen LogP contribution in [0.15, 0.2) is 0 Å². The Balaban J connectivity index is 1.78. The Bertz CT molecular complexity index is 178. The molecule has 0 aromatic carbocycles. The lowest BCUT2D eigenvalue weighted by atomic mass is 9.88. The number of hydrogen-bond acceptors (Lipinski definition) is 3. The summed E-state index contributed by atoms with van der Waals surface area (Å²) in [5.74, 6) is 0.912. The average molecular weight is 214 g/mol. The van der Waals surface area contributed by atoms with Crippen LogP contribution in [0.4, 0.5) is 0 Å². The quantitative estimate of drug-likeness (QED) is 0.675. The summed E-state index contributed by atoms with van der Waals surface area (Å²) in [6, 6.07) is 0.761. The smallest absolute Gasteiger partial charge is 0.0157 e. The van der Waals surface area contributed by atoms with Crippen LogP contribution in [0.5, 0.6) is 0 Å². The van der Waals surface area contributed by atoms with Crippen molar-refractivity contribution in [2.24, 2.45) is 5.92 Å². The molecule has 3 heteroatoms. The maximum Gasteiger partial charge on any atom is 0.0157 e. The molecule has 0 aromatic heterocycles. The minimum atomic E-state index is 0.601. The van der Waals surface area contributed by atoms with Gasteiger partial charge in [0.2, 0.25) is 0 Å². The molecule has 2 fully saturated rings. The Morgan fingerprint density at radius 3 is 2.57 bits per heavy atom. The van der Waals surface area contributed by atoms with E-state index in [1.807, 2.05) is 0 Å². The molecule has 2 nitrogen and oxygen atoms in total. The zero-order valence-corrected chi connectivity index (χ0v) is 9.97. The molecule has 0 amide bonds. The number of piperidine rings is 1. The number of nitrogens with zero attached hydrogens (tertiary/aromatic N) is 1. The van der Waals surface area contributed by atoms with Gasteiger partial charge >= 0.3 is 0 Å². The van der Waals surface area contributed by atoms with Crippen molar-refractivity contribution in [2.75, 3.05) is 26.2 Å². The molecule has 0 saturated carbocycles. The molecule has 1 N–H and O–H groups in total. The summed E-state index contributed by atoms with van der Waals surface area (Å²) in [4.78, 5) is 2.56. The Kier molecular flexibility index (Phi) is 3.74. The number of thiol groups is 1. The highest BCUT2D eigenvalue weighted by molar-refractivity contribution is 7.81. The second-order valence-corrected chi connectivity index (χ2v) is 5.41. The fourth-order valence-electron chi connectivity index (χ4n) is 2.78. The lowest BCUT2D eigenvalue weighted by Crippen LogP contribution is -2.40. The van der Waals surface area contributed by atoms with E-state index in [1.54, 1.807) is 0 Å². The molecule has 2 atom stereocenters. The topological polar surface area (TPSA) is 15.3 Å². The monoisotopic (exact) mass is 214 g/mol. The van der Waals surface area contributed by atoms with E-state index in [1.165, 1.54) is 38.9 Å². The van der Waals surface area contributed by atoms with Crippen LogP contribution in [0, 0.1) is 5.92 Å². The van der Waals surface area contributed by atoms with Crippen molar-refractivity contribution in [1.82, 2.24) is 10.2 Å². The number of rotatable bonds is 2. The molecule has 2 rings (SSSR count). The van der Waals surface area contributed by atoms with Crippen LogP contribution in [0.1, 0.15) is 26.2 Å². The molecule has 0 unspecified atom stereocenters. The van der Waals surface area contributed by atoms with Crippen LogP contribution in [-0.2, 0) is 0 Å². The van der Waals surface area contributed by atoms with Gasteiger partial charge in [-0.25, -0.2) is 0 Å². The third-order valence-electron chi connectivity index (χ3n) is 3.79. The van der Waals surface area contributed by atoms with Gasteiger partial charge < -0.3 is 10.2 Å². The van der Waals surface area contributed by atoms with E-state index in [0.717, 1.165) is 18.5 Å². The van der Waals surface area contributed by atoms with Gasteiger partial charge in [0.25, 0.3) is 0 Å². The van der Waals surface area contributed by atoms with E-state index in [2.05, 4.69) is 29.8 Å². The molecule has 14 heavy (non-hydrogen) atoms. The van der Waals surface area contributed by atoms with Gasteiger partial charge in [-0.1, -0.05) is 6.92 Å². The van der Waals surface area contributed by atoms with E-state index < -0.39 is 0 Å². The van der Waals surface area contributed by atoms with Crippen molar-refractivity contribution in [3.63, 3.8) is 0 Å². The zero-order valence-electron chi connectivity index (χ0n) is 9.08. The highest BCUT2D eigenvalue weighted by Gasteiger charge is 2.30. The third kappa shape index (κ3) is 2.44. The predicted octanol–water partition coefficient (Wildman–Crippen LogP) is 1.38. The molecule has 2 aliphatic heterocycles. The van der Waals surface area contributed by atoms with Crippen LogP contribution in [0.2, 0.25) is 0 Å². The fourth-order valence-corrected chi connectivity index (χ4v) is 3.11. The van der Waals surface area contributed by atoms with Crippen molar-refractivity contribution in [3.8, 4) is 0 Å². The second-order valence-electron chi connectivity index (χ2n) is 4.68. The van der Waals surface area contributed by atoms with Crippen LogP contribution >= 0.6 is 12.6 Å². The van der Waals surface area contributed by atoms with Crippen molar-refractivity contribution >= 4 is 12.6 Å². The van der Waals surface area contributed by atoms with E-state index in [9.17, 15) is 0 Å². The van der Waals surface area contributed by atoms with Crippen LogP contribution in [0.25, 0.3) is 0 Å². The molecule has 0 spiro atoms. The molecule has 82 valence electrons. The first-order chi connectivity index (χ1) is 6.79. The van der Waals surface area contributed by atoms with Gasteiger partial charge in [0.1, 0.15) is 0 Å². The maximum atomic E-state index is 4.53. The molecule has 0 aromatic rings. The molecular weight excluding hydrogens is 192 g/mol. The lowest BCUT2D eigenvalue weighted by Gasteiger charge is -2.34. The Labute approximate surface area is 92.8 Å². The third-order valence-corrected chi connectivity index (χ3v) is 4.18. The summed E-state index contributed by atoms with van der Waals surface area (Å²) in [5, 5.41) is 4.22. The van der Waals surface area contributed by atoms with Crippen LogP contribution in [-0.4, -0.2) is 42.4 Å². The summed E-state index contributed by atoms with van der Waals surface area (Å²) in [6.45, 7) is 7.20. The van der Waals surface area contributed by atoms with Gasteiger partial charge in [-0.05, 0) is 44.8 Å². The summed E-state index contributed by atoms with van der Waals surface area (Å²) in [5.41, 5.74) is 0. The van der Waals surface area contributed by atoms with E-state index >= 15 is 0 Å². The molecule has 2 heterocycles. The van der Waals surface area contributed by atoms with Gasteiger partial charge in [-0.15, -0.1) is 0 Å². The number of hydrogen-bond donors (Lipinski definition) is 2. The van der Waals surface area contributed by atoms with E-state index in [0.29, 0.717) is 5.25 Å². The predicted molar refractivity (Wildman–Crippen MR) is 64.0 cm³/mol. The molecular formula is C11H22N2S. The van der Waals surface area contributed by atoms with Crippen molar-refractivity contribution < 1.29 is 0 Å². The van der Waals surface area contributed by atoms with Gasteiger partial charge in [0.05, 0.1) is 0 Å². The van der Waals surface area contributed by atoms with Crippen LogP contribution in [0.3, 0.4) is 0 Å². The van der Waals surface area contributed by atoms with E-state index in [4.69, 9.17) is 0 Å². The fraction of sp³-hybridized carbons (Fsp3) is 1.00. The Morgan fingerprint density at radius 1 is 1.36 bits per heavy atom. The van der Waals surface area contributed by atoms with Gasteiger partial charge in [-0.3, -0.25) is 0 Å². The Hall–Kier alpha value is 0.270. The van der Waals surface area contributed by atoms with E-state index in [-0.39, 0.29) is 0 Å². The molecule has 0 bridgehead atoms. The van der Waals surface area contributed by atoms with Crippen molar-refractivity contribution in [2.45, 2.75) is 37.5 Å². The first-order valence-electron chi connectivity index (χ1n) is 5.93. The highest BCUT2D eigenvalue weighted by Crippen LogP contribution is 2.26. The lowest BCUT2D eigenvalue weighted by molar-refractivity contribution is 0.170. The number of nitrogens with one attached hydrogen (secondary N) is 1. The maximum absolute atomic E-state index is 4.53. The largest absolute Gasteiger partial charge is 0.313 e. The summed E-state index contributed by atoms with van der Waals surface area (Å²) in [6.07, 6.45) is 4.04. The Morgan fingerprint density at radius 2 is 2.07 bits per heavy atom. The van der Waals surface area contributed by atoms with Crippen molar-refractivity contribution in [3.05, 3.63) is 0 Å². The summed E-state index contributed by atoms with van der Waals surface area (Å²) >= 11 is 4.53. The second kappa shape index (κ2) is 4.86. The zero-order chi connectivity index (χ0) is 9.97. The number of likely N-dealkylation sites (tertiary alicyclic amines) is 1. The summed E-state index contributed by atoms with van der Waals surface area (Å²) < 4.78 is 0. The first kappa shape index (κ1) is 10.8. The van der Waals surface area contributed by atoms with Crippen LogP contribution < -0.4 is 5.32 Å². The molecule has 2 aliphatic rings. The molecule has 0 aliphatic carbocycles. The average Bonchev–Trinajstić information content (AvgIpc) is 2.65. The van der Waals surface area contributed by atoms with Gasteiger partial charge in [0.15, 0.2) is 0 Å². The van der Waals surface area contributed by atoms with Crippen molar-refractivity contribution in [1.29, 1.82) is 0 Å². The minimum Gasteiger partial charge on any atom is -0.313 e. The van der Waals surface area contributed by atoms with Gasteiger partial charge in [-0.2, -0.15) is 12.6 Å². The SMILES string of the molecule is CCN1CCC([C@@H]2C[C@H](S)CN2)CC1. The molecule has 0 radical (unpaired) electrons. The minimum absolute atomic E-state index is 0.601. The highest BCUT2D eigenvalue weighted by atomic mass is 32.1. The standard InChI is InChI=1S/C11H22N2S/c1-2-13-5-3-9(4-6-13)11-7-10(14)8-12-11/h9-12,14H,2-8H2,1H3/t10-,11-/m0/s1. The normalized spacial score (nSPS) is 36.4. The first-order valence-corrected chi connectivity index (χ1v) is 6.45. The molecule has 2 saturated heterocycles.